The Morgan fingerprint density at radius 1 is 1.16 bits per heavy atom. The molecule has 5 aromatic rings. The minimum Gasteiger partial charge on any atom is -0.456 e. The molecule has 0 saturated heterocycles. The summed E-state index contributed by atoms with van der Waals surface area (Å²) in [5.41, 5.74) is 1.78. The van der Waals surface area contributed by atoms with Gasteiger partial charge in [0.15, 0.2) is 12.4 Å². The molecule has 0 unspecified atom stereocenters. The molecule has 0 radical (unpaired) electrons. The number of thiophene rings is 2. The Balaban J connectivity index is 1.32. The van der Waals surface area contributed by atoms with Crippen molar-refractivity contribution in [2.45, 2.75) is 13.5 Å². The van der Waals surface area contributed by atoms with E-state index < -0.39 is 18.4 Å². The third kappa shape index (κ3) is 3.55. The number of hydrogen-bond donors (Lipinski definition) is 0. The van der Waals surface area contributed by atoms with Gasteiger partial charge in [-0.2, -0.15) is 0 Å². The van der Waals surface area contributed by atoms with Gasteiger partial charge in [-0.25, -0.2) is 4.98 Å². The van der Waals surface area contributed by atoms with Gasteiger partial charge < -0.3 is 9.15 Å². The number of carbonyl (C=O) groups excluding carboxylic acids is 2. The highest BCUT2D eigenvalue weighted by molar-refractivity contribution is 7.18. The van der Waals surface area contributed by atoms with Crippen LogP contribution in [0.2, 0.25) is 0 Å². The lowest BCUT2D eigenvalue weighted by molar-refractivity contribution is -0.143. The Bertz CT molecular complexity index is 1530. The number of hydrogen-bond acceptors (Lipinski definition) is 8. The van der Waals surface area contributed by atoms with Gasteiger partial charge in [0.05, 0.1) is 11.7 Å². The second-order valence-electron chi connectivity index (χ2n) is 7.12. The van der Waals surface area contributed by atoms with Crippen molar-refractivity contribution in [2.24, 2.45) is 0 Å². The molecule has 32 heavy (non-hydrogen) atoms. The van der Waals surface area contributed by atoms with Crippen LogP contribution in [0.3, 0.4) is 0 Å². The van der Waals surface area contributed by atoms with Gasteiger partial charge in [0, 0.05) is 26.8 Å². The predicted molar refractivity (Wildman–Crippen MR) is 123 cm³/mol. The van der Waals surface area contributed by atoms with Crippen LogP contribution in [0.1, 0.15) is 16.1 Å². The Kier molecular flexibility index (Phi) is 5.20. The maximum atomic E-state index is 13.0. The first-order chi connectivity index (χ1) is 15.5. The van der Waals surface area contributed by atoms with Crippen LogP contribution in [0.4, 0.5) is 0 Å². The number of carbonyl (C=O) groups is 2. The first kappa shape index (κ1) is 20.3. The van der Waals surface area contributed by atoms with Gasteiger partial charge in [-0.15, -0.1) is 22.7 Å². The zero-order valence-electron chi connectivity index (χ0n) is 16.9. The minimum absolute atomic E-state index is 0.165. The van der Waals surface area contributed by atoms with Crippen molar-refractivity contribution >= 4 is 55.6 Å². The summed E-state index contributed by atoms with van der Waals surface area (Å²) in [6, 6.07) is 11.2. The standard InChI is InChI=1S/C23H16N2O5S2/c1-13-14-5-2-3-6-17(14)30-21(13)16(26)10-29-19(27)9-25-12-24-22-20(23(25)28)15(11-32-22)18-7-4-8-31-18/h2-8,11-12H,9-10H2,1H3. The molecule has 0 saturated carbocycles. The monoisotopic (exact) mass is 464 g/mol. The van der Waals surface area contributed by atoms with Crippen molar-refractivity contribution in [1.29, 1.82) is 0 Å². The molecule has 160 valence electrons. The summed E-state index contributed by atoms with van der Waals surface area (Å²) in [5.74, 6) is -0.979. The third-order valence-corrected chi connectivity index (χ3v) is 6.90. The van der Waals surface area contributed by atoms with Crippen LogP contribution in [0.5, 0.6) is 0 Å². The smallest absolute Gasteiger partial charge is 0.326 e. The molecule has 9 heteroatoms. The average Bonchev–Trinajstić information content (AvgIpc) is 3.53. The fourth-order valence-corrected chi connectivity index (χ4v) is 5.25. The van der Waals surface area contributed by atoms with Crippen molar-refractivity contribution < 1.29 is 18.7 Å². The molecular formula is C23H16N2O5S2. The molecule has 4 heterocycles. The van der Waals surface area contributed by atoms with Crippen molar-refractivity contribution in [1.82, 2.24) is 9.55 Å². The van der Waals surface area contributed by atoms with Crippen molar-refractivity contribution in [3.8, 4) is 10.4 Å². The molecule has 0 aliphatic carbocycles. The quantitative estimate of drug-likeness (QED) is 0.268. The van der Waals surface area contributed by atoms with Crippen LogP contribution in [0, 0.1) is 6.92 Å². The summed E-state index contributed by atoms with van der Waals surface area (Å²) >= 11 is 2.91. The van der Waals surface area contributed by atoms with E-state index in [1.165, 1.54) is 33.6 Å². The molecule has 1 aromatic carbocycles. The van der Waals surface area contributed by atoms with Crippen LogP contribution in [-0.4, -0.2) is 27.9 Å². The summed E-state index contributed by atoms with van der Waals surface area (Å²) in [4.78, 5) is 43.7. The van der Waals surface area contributed by atoms with E-state index in [0.717, 1.165) is 15.8 Å². The molecule has 0 amide bonds. The fourth-order valence-electron chi connectivity index (χ4n) is 3.53. The maximum absolute atomic E-state index is 13.0. The van der Waals surface area contributed by atoms with Gasteiger partial charge in [-0.05, 0) is 24.4 Å². The zero-order valence-corrected chi connectivity index (χ0v) is 18.5. The van der Waals surface area contributed by atoms with Crippen molar-refractivity contribution in [3.63, 3.8) is 0 Å². The minimum atomic E-state index is -0.705. The Morgan fingerprint density at radius 3 is 2.78 bits per heavy atom. The molecule has 0 fully saturated rings. The number of nitrogens with zero attached hydrogens (tertiary/aromatic N) is 2. The van der Waals surface area contributed by atoms with Crippen LogP contribution in [-0.2, 0) is 16.1 Å². The third-order valence-electron chi connectivity index (χ3n) is 5.11. The Morgan fingerprint density at radius 2 is 2.00 bits per heavy atom. The van der Waals surface area contributed by atoms with E-state index in [4.69, 9.17) is 9.15 Å². The number of ketones is 1. The summed E-state index contributed by atoms with van der Waals surface area (Å²) in [7, 11) is 0. The molecule has 0 atom stereocenters. The zero-order chi connectivity index (χ0) is 22.2. The number of aromatic nitrogens is 2. The van der Waals surface area contributed by atoms with Crippen LogP contribution in [0.15, 0.2) is 62.7 Å². The number of fused-ring (bicyclic) bond motifs is 2. The average molecular weight is 465 g/mol. The second-order valence-corrected chi connectivity index (χ2v) is 8.93. The van der Waals surface area contributed by atoms with Crippen LogP contribution in [0.25, 0.3) is 31.6 Å². The lowest BCUT2D eigenvalue weighted by atomic mass is 10.1. The molecule has 0 aliphatic heterocycles. The van der Waals surface area contributed by atoms with Crippen molar-refractivity contribution in [2.75, 3.05) is 6.61 Å². The number of Topliss-reactive ketones (excluding diaryl/α,β-unsaturated/α-hetero) is 1. The Labute approximate surface area is 189 Å². The number of para-hydroxylation sites is 1. The highest BCUT2D eigenvalue weighted by Gasteiger charge is 2.20. The predicted octanol–water partition coefficient (Wildman–Crippen LogP) is 4.67. The van der Waals surface area contributed by atoms with E-state index in [2.05, 4.69) is 4.98 Å². The van der Waals surface area contributed by atoms with E-state index >= 15 is 0 Å². The highest BCUT2D eigenvalue weighted by atomic mass is 32.1. The topological polar surface area (TPSA) is 91.4 Å². The molecule has 0 spiro atoms. The number of benzene rings is 1. The highest BCUT2D eigenvalue weighted by Crippen LogP contribution is 2.33. The molecule has 0 aliphatic rings. The molecule has 0 N–H and O–H groups in total. The van der Waals surface area contributed by atoms with E-state index in [1.54, 1.807) is 13.0 Å². The molecule has 4 aromatic heterocycles. The number of furan rings is 1. The van der Waals surface area contributed by atoms with Crippen LogP contribution >= 0.6 is 22.7 Å². The molecule has 5 rings (SSSR count). The number of ether oxygens (including phenoxy) is 1. The fraction of sp³-hybridized carbons (Fsp3) is 0.130. The van der Waals surface area contributed by atoms with E-state index in [1.807, 2.05) is 41.1 Å². The summed E-state index contributed by atoms with van der Waals surface area (Å²) in [6.45, 7) is 0.976. The van der Waals surface area contributed by atoms with E-state index in [0.29, 0.717) is 21.4 Å². The molecular weight excluding hydrogens is 448 g/mol. The second kappa shape index (κ2) is 8.18. The van der Waals surface area contributed by atoms with E-state index in [9.17, 15) is 14.4 Å². The number of aryl methyl sites for hydroxylation is 1. The number of rotatable bonds is 6. The number of esters is 1. The summed E-state index contributed by atoms with van der Waals surface area (Å²) < 4.78 is 11.9. The lowest BCUT2D eigenvalue weighted by Crippen LogP contribution is -2.26. The SMILES string of the molecule is Cc1c(C(=O)COC(=O)Cn2cnc3scc(-c4cccs4)c3c2=O)oc2ccccc12. The lowest BCUT2D eigenvalue weighted by Gasteiger charge is -2.06. The van der Waals surface area contributed by atoms with Gasteiger partial charge in [0.2, 0.25) is 5.78 Å². The molecule has 0 bridgehead atoms. The van der Waals surface area contributed by atoms with Gasteiger partial charge in [-0.1, -0.05) is 24.3 Å². The first-order valence-electron chi connectivity index (χ1n) is 9.70. The normalized spacial score (nSPS) is 11.3. The van der Waals surface area contributed by atoms with Crippen LogP contribution < -0.4 is 5.56 Å². The largest absolute Gasteiger partial charge is 0.456 e. The van der Waals surface area contributed by atoms with Gasteiger partial charge in [-0.3, -0.25) is 19.0 Å². The molecule has 7 nitrogen and oxygen atoms in total. The Hall–Kier alpha value is -3.56. The van der Waals surface area contributed by atoms with Gasteiger partial charge in [0.25, 0.3) is 5.56 Å². The van der Waals surface area contributed by atoms with Crippen molar-refractivity contribution in [3.05, 3.63) is 75.2 Å². The summed E-state index contributed by atoms with van der Waals surface area (Å²) in [6.07, 6.45) is 1.33. The van der Waals surface area contributed by atoms with Gasteiger partial charge >= 0.3 is 5.97 Å². The summed E-state index contributed by atoms with van der Waals surface area (Å²) in [5, 5.41) is 5.14. The first-order valence-corrected chi connectivity index (χ1v) is 11.5. The maximum Gasteiger partial charge on any atom is 0.326 e. The van der Waals surface area contributed by atoms with Gasteiger partial charge in [0.1, 0.15) is 17.0 Å². The van der Waals surface area contributed by atoms with E-state index in [-0.39, 0.29) is 17.9 Å².